The molecule has 100 valence electrons. The standard InChI is InChI=1S/C15H19N3S/c1-4-15(2,3)18-14-11(13(16)19)9-10-7-5-6-8-12(10)17-14/h5-9H,4H2,1-3H3,(H2,16,19)(H,17,18). The van der Waals surface area contributed by atoms with Crippen LogP contribution in [0, 0.1) is 0 Å². The Labute approximate surface area is 119 Å². The number of pyridine rings is 1. The summed E-state index contributed by atoms with van der Waals surface area (Å²) in [6, 6.07) is 9.96. The second kappa shape index (κ2) is 5.13. The van der Waals surface area contributed by atoms with Crippen molar-refractivity contribution in [2.24, 2.45) is 5.73 Å². The van der Waals surface area contributed by atoms with Gasteiger partial charge in [0.2, 0.25) is 0 Å². The van der Waals surface area contributed by atoms with E-state index in [4.69, 9.17) is 18.0 Å². The summed E-state index contributed by atoms with van der Waals surface area (Å²) >= 11 is 5.14. The second-order valence-corrected chi connectivity index (χ2v) is 5.74. The Balaban J connectivity index is 2.57. The van der Waals surface area contributed by atoms with Crippen molar-refractivity contribution in [3.05, 3.63) is 35.9 Å². The number of hydrogen-bond acceptors (Lipinski definition) is 3. The molecule has 1 heterocycles. The Morgan fingerprint density at radius 2 is 2.05 bits per heavy atom. The maximum atomic E-state index is 5.82. The van der Waals surface area contributed by atoms with Crippen LogP contribution in [0.1, 0.15) is 32.8 Å². The Morgan fingerprint density at radius 1 is 1.37 bits per heavy atom. The number of nitrogens with two attached hydrogens (primary N) is 1. The van der Waals surface area contributed by atoms with E-state index in [9.17, 15) is 0 Å². The molecule has 0 aliphatic heterocycles. The first kappa shape index (κ1) is 13.7. The fourth-order valence-electron chi connectivity index (χ4n) is 1.81. The van der Waals surface area contributed by atoms with Crippen LogP contribution in [-0.2, 0) is 0 Å². The van der Waals surface area contributed by atoms with E-state index in [0.717, 1.165) is 28.7 Å². The summed E-state index contributed by atoms with van der Waals surface area (Å²) in [7, 11) is 0. The van der Waals surface area contributed by atoms with Gasteiger partial charge in [-0.3, -0.25) is 0 Å². The third-order valence-corrected chi connectivity index (χ3v) is 3.55. The van der Waals surface area contributed by atoms with Gasteiger partial charge < -0.3 is 11.1 Å². The number of anilines is 1. The van der Waals surface area contributed by atoms with Crippen LogP contribution in [0.3, 0.4) is 0 Å². The number of para-hydroxylation sites is 1. The molecular formula is C15H19N3S. The average molecular weight is 273 g/mol. The first-order valence-corrected chi connectivity index (χ1v) is 6.81. The van der Waals surface area contributed by atoms with Gasteiger partial charge in [-0.2, -0.15) is 0 Å². The van der Waals surface area contributed by atoms with E-state index in [1.807, 2.05) is 30.3 Å². The third-order valence-electron chi connectivity index (χ3n) is 3.33. The molecule has 0 saturated carbocycles. The first-order valence-electron chi connectivity index (χ1n) is 6.41. The summed E-state index contributed by atoms with van der Waals surface area (Å²) < 4.78 is 0. The van der Waals surface area contributed by atoms with E-state index in [-0.39, 0.29) is 5.54 Å². The maximum absolute atomic E-state index is 5.82. The molecule has 1 aromatic heterocycles. The molecule has 0 fully saturated rings. The van der Waals surface area contributed by atoms with Gasteiger partial charge in [0.15, 0.2) is 0 Å². The minimum Gasteiger partial charge on any atom is -0.389 e. The van der Waals surface area contributed by atoms with Crippen LogP contribution in [0.2, 0.25) is 0 Å². The highest BCUT2D eigenvalue weighted by molar-refractivity contribution is 7.80. The maximum Gasteiger partial charge on any atom is 0.137 e. The zero-order chi connectivity index (χ0) is 14.0. The number of benzene rings is 1. The van der Waals surface area contributed by atoms with Crippen molar-refractivity contribution in [3.8, 4) is 0 Å². The van der Waals surface area contributed by atoms with Crippen LogP contribution in [0.5, 0.6) is 0 Å². The lowest BCUT2D eigenvalue weighted by Gasteiger charge is -2.26. The summed E-state index contributed by atoms with van der Waals surface area (Å²) in [5, 5.41) is 4.48. The molecule has 19 heavy (non-hydrogen) atoms. The SMILES string of the molecule is CCC(C)(C)Nc1nc2ccccc2cc1C(N)=S. The largest absolute Gasteiger partial charge is 0.389 e. The second-order valence-electron chi connectivity index (χ2n) is 5.30. The van der Waals surface area contributed by atoms with Gasteiger partial charge in [0.25, 0.3) is 0 Å². The molecule has 4 heteroatoms. The van der Waals surface area contributed by atoms with Gasteiger partial charge in [-0.1, -0.05) is 37.3 Å². The van der Waals surface area contributed by atoms with Crippen molar-refractivity contribution in [2.75, 3.05) is 5.32 Å². The number of rotatable bonds is 4. The molecule has 3 nitrogen and oxygen atoms in total. The van der Waals surface area contributed by atoms with E-state index in [2.05, 4.69) is 31.1 Å². The highest BCUT2D eigenvalue weighted by atomic mass is 32.1. The van der Waals surface area contributed by atoms with Gasteiger partial charge in [-0.25, -0.2) is 4.98 Å². The predicted octanol–water partition coefficient (Wildman–Crippen LogP) is 3.47. The summed E-state index contributed by atoms with van der Waals surface area (Å²) in [6.07, 6.45) is 0.984. The Bertz CT molecular complexity index is 620. The van der Waals surface area contributed by atoms with Crippen LogP contribution >= 0.6 is 12.2 Å². The van der Waals surface area contributed by atoms with Crippen molar-refractivity contribution in [1.29, 1.82) is 0 Å². The lowest BCUT2D eigenvalue weighted by atomic mass is 10.0. The van der Waals surface area contributed by atoms with E-state index in [1.54, 1.807) is 0 Å². The molecule has 0 unspecified atom stereocenters. The van der Waals surface area contributed by atoms with Gasteiger partial charge in [0.1, 0.15) is 10.8 Å². The molecule has 0 aliphatic carbocycles. The number of aromatic nitrogens is 1. The highest BCUT2D eigenvalue weighted by Gasteiger charge is 2.18. The molecule has 2 aromatic rings. The monoisotopic (exact) mass is 273 g/mol. The fraction of sp³-hybridized carbons (Fsp3) is 0.333. The molecule has 1 aromatic carbocycles. The topological polar surface area (TPSA) is 50.9 Å². The lowest BCUT2D eigenvalue weighted by molar-refractivity contribution is 0.545. The van der Waals surface area contributed by atoms with Crippen molar-refractivity contribution < 1.29 is 0 Å². The van der Waals surface area contributed by atoms with Crippen LogP contribution in [0.25, 0.3) is 10.9 Å². The summed E-state index contributed by atoms with van der Waals surface area (Å²) in [5.74, 6) is 0.762. The zero-order valence-corrected chi connectivity index (χ0v) is 12.3. The third kappa shape index (κ3) is 3.01. The summed E-state index contributed by atoms with van der Waals surface area (Å²) in [4.78, 5) is 5.02. The first-order chi connectivity index (χ1) is 8.93. The molecule has 0 bridgehead atoms. The normalized spacial score (nSPS) is 11.5. The van der Waals surface area contributed by atoms with Gasteiger partial charge in [-0.05, 0) is 32.4 Å². The van der Waals surface area contributed by atoms with E-state index in [0.29, 0.717) is 4.99 Å². The molecule has 0 amide bonds. The smallest absolute Gasteiger partial charge is 0.137 e. The van der Waals surface area contributed by atoms with Gasteiger partial charge in [0, 0.05) is 10.9 Å². The highest BCUT2D eigenvalue weighted by Crippen LogP contribution is 2.24. The van der Waals surface area contributed by atoms with Crippen molar-refractivity contribution >= 4 is 33.9 Å². The molecule has 0 saturated heterocycles. The van der Waals surface area contributed by atoms with Gasteiger partial charge in [-0.15, -0.1) is 0 Å². The quantitative estimate of drug-likeness (QED) is 0.838. The number of fused-ring (bicyclic) bond motifs is 1. The van der Waals surface area contributed by atoms with Crippen molar-refractivity contribution in [2.45, 2.75) is 32.7 Å². The van der Waals surface area contributed by atoms with Crippen molar-refractivity contribution in [3.63, 3.8) is 0 Å². The average Bonchev–Trinajstić information content (AvgIpc) is 2.37. The number of nitrogens with one attached hydrogen (secondary N) is 1. The van der Waals surface area contributed by atoms with Crippen LogP contribution in [-0.4, -0.2) is 15.5 Å². The predicted molar refractivity (Wildman–Crippen MR) is 85.6 cm³/mol. The van der Waals surface area contributed by atoms with E-state index < -0.39 is 0 Å². The minimum atomic E-state index is -0.0466. The minimum absolute atomic E-state index is 0.0466. The Morgan fingerprint density at radius 3 is 2.68 bits per heavy atom. The van der Waals surface area contributed by atoms with Crippen molar-refractivity contribution in [1.82, 2.24) is 4.98 Å². The van der Waals surface area contributed by atoms with Crippen LogP contribution in [0.4, 0.5) is 5.82 Å². The molecule has 0 radical (unpaired) electrons. The Hall–Kier alpha value is -1.68. The molecule has 0 spiro atoms. The summed E-state index contributed by atoms with van der Waals surface area (Å²) in [6.45, 7) is 6.40. The molecule has 0 atom stereocenters. The Kier molecular flexibility index (Phi) is 3.71. The fourth-order valence-corrected chi connectivity index (χ4v) is 1.96. The van der Waals surface area contributed by atoms with Gasteiger partial charge in [0.05, 0.1) is 11.1 Å². The van der Waals surface area contributed by atoms with E-state index in [1.165, 1.54) is 0 Å². The van der Waals surface area contributed by atoms with Crippen LogP contribution < -0.4 is 11.1 Å². The molecule has 0 aliphatic rings. The number of nitrogens with zero attached hydrogens (tertiary/aromatic N) is 1. The van der Waals surface area contributed by atoms with Gasteiger partial charge >= 0.3 is 0 Å². The zero-order valence-electron chi connectivity index (χ0n) is 11.5. The number of hydrogen-bond donors (Lipinski definition) is 2. The van der Waals surface area contributed by atoms with Crippen LogP contribution in [0.15, 0.2) is 30.3 Å². The molecule has 2 rings (SSSR count). The van der Waals surface area contributed by atoms with E-state index >= 15 is 0 Å². The molecular weight excluding hydrogens is 254 g/mol. The summed E-state index contributed by atoms with van der Waals surface area (Å²) in [5.41, 5.74) is 7.51. The number of thiocarbonyl (C=S) groups is 1. The lowest BCUT2D eigenvalue weighted by Crippen LogP contribution is -2.31. The molecule has 3 N–H and O–H groups in total.